The van der Waals surface area contributed by atoms with Gasteiger partial charge < -0.3 is 15.0 Å². The van der Waals surface area contributed by atoms with Crippen molar-refractivity contribution in [2.75, 3.05) is 5.73 Å². The van der Waals surface area contributed by atoms with Gasteiger partial charge >= 0.3 is 0 Å². The van der Waals surface area contributed by atoms with Crippen LogP contribution < -0.4 is 10.5 Å². The highest BCUT2D eigenvalue weighted by Crippen LogP contribution is 2.21. The lowest BCUT2D eigenvalue weighted by Crippen LogP contribution is -1.94. The minimum absolute atomic E-state index is 0.322. The van der Waals surface area contributed by atoms with E-state index in [1.807, 2.05) is 48.5 Å². The van der Waals surface area contributed by atoms with Crippen molar-refractivity contribution in [3.05, 3.63) is 65.9 Å². The van der Waals surface area contributed by atoms with Gasteiger partial charge in [0, 0.05) is 23.4 Å². The second kappa shape index (κ2) is 5.71. The van der Waals surface area contributed by atoms with Gasteiger partial charge in [-0.05, 0) is 19.1 Å². The second-order valence-electron chi connectivity index (χ2n) is 4.91. The molecule has 3 rings (SSSR count). The predicted molar refractivity (Wildman–Crippen MR) is 81.9 cm³/mol. The lowest BCUT2D eigenvalue weighted by atomic mass is 10.1. The predicted octanol–water partition coefficient (Wildman–Crippen LogP) is 3.81. The van der Waals surface area contributed by atoms with E-state index in [1.165, 1.54) is 5.56 Å². The molecule has 0 radical (unpaired) electrons. The maximum Gasteiger partial charge on any atom is 0.174 e. The zero-order chi connectivity index (χ0) is 14.7. The van der Waals surface area contributed by atoms with Crippen molar-refractivity contribution in [1.29, 1.82) is 0 Å². The first-order valence-corrected chi connectivity index (χ1v) is 6.72. The fourth-order valence-corrected chi connectivity index (χ4v) is 2.00. The number of hydrogen-bond donors (Lipinski definition) is 1. The Labute approximate surface area is 123 Å². The van der Waals surface area contributed by atoms with E-state index in [-0.39, 0.29) is 0 Å². The monoisotopic (exact) mass is 280 g/mol. The Balaban J connectivity index is 1.69. The molecule has 106 valence electrons. The largest absolute Gasteiger partial charge is 0.485 e. The zero-order valence-corrected chi connectivity index (χ0v) is 11.7. The Hall–Kier alpha value is -2.75. The van der Waals surface area contributed by atoms with Crippen LogP contribution >= 0.6 is 0 Å². The average Bonchev–Trinajstić information content (AvgIpc) is 2.95. The van der Waals surface area contributed by atoms with Crippen LogP contribution in [0.5, 0.6) is 5.75 Å². The first-order valence-electron chi connectivity index (χ1n) is 6.72. The van der Waals surface area contributed by atoms with E-state index >= 15 is 0 Å². The summed E-state index contributed by atoms with van der Waals surface area (Å²) in [5, 5.41) is 4.07. The number of nitrogen functional groups attached to an aromatic ring is 1. The van der Waals surface area contributed by atoms with Crippen LogP contribution in [0.3, 0.4) is 0 Å². The summed E-state index contributed by atoms with van der Waals surface area (Å²) >= 11 is 0. The number of benzene rings is 2. The fourth-order valence-electron chi connectivity index (χ4n) is 2.00. The van der Waals surface area contributed by atoms with Crippen molar-refractivity contribution in [3.8, 4) is 17.0 Å². The standard InChI is InChI=1S/C17H16N2O2/c1-12-5-7-13(8-6-12)17-10-16(21-19-17)11-20-15-4-2-3-14(18)9-15/h2-10H,11,18H2,1H3. The van der Waals surface area contributed by atoms with Crippen LogP contribution in [0.2, 0.25) is 0 Å². The summed E-state index contributed by atoms with van der Waals surface area (Å²) in [6.45, 7) is 2.37. The quantitative estimate of drug-likeness (QED) is 0.738. The summed E-state index contributed by atoms with van der Waals surface area (Å²) < 4.78 is 10.9. The topological polar surface area (TPSA) is 61.3 Å². The number of aryl methyl sites for hydroxylation is 1. The van der Waals surface area contributed by atoms with Gasteiger partial charge in [-0.3, -0.25) is 0 Å². The van der Waals surface area contributed by atoms with Gasteiger partial charge in [0.1, 0.15) is 18.1 Å². The number of nitrogens with two attached hydrogens (primary N) is 1. The summed E-state index contributed by atoms with van der Waals surface area (Å²) in [5.74, 6) is 1.39. The van der Waals surface area contributed by atoms with E-state index in [0.717, 1.165) is 11.3 Å². The third-order valence-electron chi connectivity index (χ3n) is 3.15. The molecule has 2 aromatic carbocycles. The van der Waals surface area contributed by atoms with E-state index in [2.05, 4.69) is 12.1 Å². The molecule has 4 heteroatoms. The Morgan fingerprint density at radius 3 is 2.67 bits per heavy atom. The molecule has 0 spiro atoms. The van der Waals surface area contributed by atoms with Gasteiger partial charge in [-0.25, -0.2) is 0 Å². The van der Waals surface area contributed by atoms with Crippen molar-refractivity contribution in [1.82, 2.24) is 5.16 Å². The van der Waals surface area contributed by atoms with E-state index in [0.29, 0.717) is 23.8 Å². The molecule has 0 aliphatic carbocycles. The molecule has 4 nitrogen and oxygen atoms in total. The normalized spacial score (nSPS) is 10.5. The Bertz CT molecular complexity index is 733. The molecule has 0 aliphatic rings. The minimum atomic E-state index is 0.322. The van der Waals surface area contributed by atoms with Crippen LogP contribution in [-0.4, -0.2) is 5.16 Å². The third kappa shape index (κ3) is 3.23. The van der Waals surface area contributed by atoms with Crippen LogP contribution in [0.15, 0.2) is 59.1 Å². The van der Waals surface area contributed by atoms with Crippen LogP contribution in [0.4, 0.5) is 5.69 Å². The minimum Gasteiger partial charge on any atom is -0.485 e. The van der Waals surface area contributed by atoms with Crippen molar-refractivity contribution in [2.45, 2.75) is 13.5 Å². The van der Waals surface area contributed by atoms with Crippen molar-refractivity contribution in [3.63, 3.8) is 0 Å². The Morgan fingerprint density at radius 2 is 1.90 bits per heavy atom. The van der Waals surface area contributed by atoms with Crippen LogP contribution in [0.1, 0.15) is 11.3 Å². The summed E-state index contributed by atoms with van der Waals surface area (Å²) in [6.07, 6.45) is 0. The smallest absolute Gasteiger partial charge is 0.174 e. The molecular weight excluding hydrogens is 264 g/mol. The van der Waals surface area contributed by atoms with E-state index in [9.17, 15) is 0 Å². The number of rotatable bonds is 4. The molecule has 1 heterocycles. The van der Waals surface area contributed by atoms with E-state index in [1.54, 1.807) is 6.07 Å². The van der Waals surface area contributed by atoms with Gasteiger partial charge in [-0.2, -0.15) is 0 Å². The van der Waals surface area contributed by atoms with Crippen molar-refractivity contribution >= 4 is 5.69 Å². The van der Waals surface area contributed by atoms with Gasteiger partial charge in [0.05, 0.1) is 0 Å². The molecule has 21 heavy (non-hydrogen) atoms. The Kier molecular flexibility index (Phi) is 3.60. The molecule has 0 amide bonds. The molecule has 0 saturated carbocycles. The van der Waals surface area contributed by atoms with Crippen LogP contribution in [0, 0.1) is 6.92 Å². The summed E-state index contributed by atoms with van der Waals surface area (Å²) in [5.41, 5.74) is 9.43. The lowest BCUT2D eigenvalue weighted by Gasteiger charge is -2.03. The van der Waals surface area contributed by atoms with Gasteiger partial charge in [0.15, 0.2) is 5.76 Å². The highest BCUT2D eigenvalue weighted by Gasteiger charge is 2.07. The van der Waals surface area contributed by atoms with Crippen LogP contribution in [0.25, 0.3) is 11.3 Å². The van der Waals surface area contributed by atoms with E-state index < -0.39 is 0 Å². The lowest BCUT2D eigenvalue weighted by molar-refractivity contribution is 0.249. The van der Waals surface area contributed by atoms with Gasteiger partial charge in [0.2, 0.25) is 0 Å². The number of aromatic nitrogens is 1. The van der Waals surface area contributed by atoms with Gasteiger partial charge in [0.25, 0.3) is 0 Å². The molecule has 3 aromatic rings. The molecule has 0 unspecified atom stereocenters. The first-order chi connectivity index (χ1) is 10.2. The van der Waals surface area contributed by atoms with Crippen LogP contribution in [-0.2, 0) is 6.61 Å². The number of anilines is 1. The van der Waals surface area contributed by atoms with Gasteiger partial charge in [-0.15, -0.1) is 0 Å². The zero-order valence-electron chi connectivity index (χ0n) is 11.7. The molecule has 1 aromatic heterocycles. The SMILES string of the molecule is Cc1ccc(-c2cc(COc3cccc(N)c3)on2)cc1. The summed E-state index contributed by atoms with van der Waals surface area (Å²) in [7, 11) is 0. The number of nitrogens with zero attached hydrogens (tertiary/aromatic N) is 1. The fraction of sp³-hybridized carbons (Fsp3) is 0.118. The summed E-state index contributed by atoms with van der Waals surface area (Å²) in [4.78, 5) is 0. The number of ether oxygens (including phenoxy) is 1. The Morgan fingerprint density at radius 1 is 1.10 bits per heavy atom. The molecule has 0 saturated heterocycles. The average molecular weight is 280 g/mol. The van der Waals surface area contributed by atoms with Gasteiger partial charge in [-0.1, -0.05) is 41.1 Å². The maximum atomic E-state index is 5.70. The van der Waals surface area contributed by atoms with Crippen molar-refractivity contribution < 1.29 is 9.26 Å². The number of hydrogen-bond acceptors (Lipinski definition) is 4. The molecular formula is C17H16N2O2. The molecule has 0 atom stereocenters. The molecule has 0 aliphatic heterocycles. The van der Waals surface area contributed by atoms with E-state index in [4.69, 9.17) is 15.0 Å². The maximum absolute atomic E-state index is 5.70. The highest BCUT2D eigenvalue weighted by atomic mass is 16.5. The molecule has 2 N–H and O–H groups in total. The third-order valence-corrected chi connectivity index (χ3v) is 3.15. The van der Waals surface area contributed by atoms with Crippen molar-refractivity contribution in [2.24, 2.45) is 0 Å². The highest BCUT2D eigenvalue weighted by molar-refractivity contribution is 5.59. The molecule has 0 bridgehead atoms. The summed E-state index contributed by atoms with van der Waals surface area (Å²) in [6, 6.07) is 17.3. The second-order valence-corrected chi connectivity index (χ2v) is 4.91. The first kappa shape index (κ1) is 13.2. The molecule has 0 fully saturated rings.